The van der Waals surface area contributed by atoms with Gasteiger partial charge < -0.3 is 0 Å². The molecule has 0 unspecified atom stereocenters. The van der Waals surface area contributed by atoms with Gasteiger partial charge in [0.2, 0.25) is 0 Å². The second kappa shape index (κ2) is 4.17. The van der Waals surface area contributed by atoms with Gasteiger partial charge in [-0.1, -0.05) is 12.1 Å². The fourth-order valence-electron chi connectivity index (χ4n) is 1.54. The number of benzene rings is 1. The third-order valence-corrected chi connectivity index (χ3v) is 2.38. The third kappa shape index (κ3) is 2.36. The molecule has 0 spiro atoms. The standard InChI is InChI=1S/C11H8N2O4/c14-10-6-8(11(15)12-10)5-7-1-3-9(4-2-7)13(16)17/h1-4,6H,5H2,(H,12,14,15). The largest absolute Gasteiger partial charge is 0.289 e. The number of hydrogen-bond donors (Lipinski definition) is 1. The quantitative estimate of drug-likeness (QED) is 0.472. The Labute approximate surface area is 96.1 Å². The maximum absolute atomic E-state index is 11.3. The Kier molecular flexibility index (Phi) is 2.70. The summed E-state index contributed by atoms with van der Waals surface area (Å²) in [6.45, 7) is 0. The van der Waals surface area contributed by atoms with Gasteiger partial charge in [-0.25, -0.2) is 0 Å². The van der Waals surface area contributed by atoms with Crippen molar-refractivity contribution < 1.29 is 14.5 Å². The van der Waals surface area contributed by atoms with E-state index in [2.05, 4.69) is 5.32 Å². The summed E-state index contributed by atoms with van der Waals surface area (Å²) in [4.78, 5) is 32.1. The summed E-state index contributed by atoms with van der Waals surface area (Å²) in [6, 6.07) is 5.86. The zero-order chi connectivity index (χ0) is 12.4. The van der Waals surface area contributed by atoms with Crippen LogP contribution in [0.5, 0.6) is 0 Å². The van der Waals surface area contributed by atoms with Crippen molar-refractivity contribution in [2.45, 2.75) is 6.42 Å². The summed E-state index contributed by atoms with van der Waals surface area (Å²) in [7, 11) is 0. The highest BCUT2D eigenvalue weighted by molar-refractivity contribution is 6.16. The van der Waals surface area contributed by atoms with Crippen molar-refractivity contribution in [2.24, 2.45) is 0 Å². The van der Waals surface area contributed by atoms with Crippen molar-refractivity contribution in [1.82, 2.24) is 5.32 Å². The van der Waals surface area contributed by atoms with Crippen LogP contribution in [0.1, 0.15) is 5.56 Å². The van der Waals surface area contributed by atoms with Gasteiger partial charge in [-0.15, -0.1) is 0 Å². The highest BCUT2D eigenvalue weighted by Gasteiger charge is 2.20. The molecule has 17 heavy (non-hydrogen) atoms. The van der Waals surface area contributed by atoms with E-state index in [9.17, 15) is 19.7 Å². The maximum atomic E-state index is 11.3. The molecule has 0 saturated carbocycles. The highest BCUT2D eigenvalue weighted by Crippen LogP contribution is 2.16. The molecule has 1 aromatic rings. The molecule has 1 heterocycles. The summed E-state index contributed by atoms with van der Waals surface area (Å²) in [6.07, 6.45) is 1.53. The van der Waals surface area contributed by atoms with Crippen LogP contribution < -0.4 is 5.32 Å². The second-order valence-electron chi connectivity index (χ2n) is 3.59. The van der Waals surface area contributed by atoms with E-state index in [-0.39, 0.29) is 12.1 Å². The predicted molar refractivity (Wildman–Crippen MR) is 58.0 cm³/mol. The number of hydrogen-bond acceptors (Lipinski definition) is 4. The molecule has 0 radical (unpaired) electrons. The molecule has 0 bridgehead atoms. The lowest BCUT2D eigenvalue weighted by Crippen LogP contribution is -2.22. The molecule has 1 aromatic carbocycles. The summed E-state index contributed by atoms with van der Waals surface area (Å²) in [5.41, 5.74) is 1.10. The van der Waals surface area contributed by atoms with Crippen LogP contribution in [-0.2, 0) is 16.0 Å². The molecule has 1 aliphatic rings. The van der Waals surface area contributed by atoms with Crippen molar-refractivity contribution in [3.63, 3.8) is 0 Å². The van der Waals surface area contributed by atoms with Gasteiger partial charge in [0.15, 0.2) is 0 Å². The first-order chi connectivity index (χ1) is 8.06. The molecule has 1 aliphatic heterocycles. The SMILES string of the molecule is O=C1C=C(Cc2ccc([N+](=O)[O-])cc2)C(=O)N1. The highest BCUT2D eigenvalue weighted by atomic mass is 16.6. The second-order valence-corrected chi connectivity index (χ2v) is 3.59. The minimum Gasteiger partial charge on any atom is -0.289 e. The van der Waals surface area contributed by atoms with E-state index < -0.39 is 16.7 Å². The molecule has 0 aliphatic carbocycles. The Morgan fingerprint density at radius 3 is 2.29 bits per heavy atom. The molecule has 0 fully saturated rings. The van der Waals surface area contributed by atoms with E-state index in [0.717, 1.165) is 5.56 Å². The number of amides is 2. The number of nitro benzene ring substituents is 1. The third-order valence-electron chi connectivity index (χ3n) is 2.38. The van der Waals surface area contributed by atoms with Crippen LogP contribution >= 0.6 is 0 Å². The lowest BCUT2D eigenvalue weighted by Gasteiger charge is -2.00. The molecule has 86 valence electrons. The van der Waals surface area contributed by atoms with Crippen LogP contribution in [0.3, 0.4) is 0 Å². The van der Waals surface area contributed by atoms with E-state index in [0.29, 0.717) is 5.57 Å². The minimum atomic E-state index is -0.491. The van der Waals surface area contributed by atoms with Crippen LogP contribution in [0.25, 0.3) is 0 Å². The molecular weight excluding hydrogens is 224 g/mol. The zero-order valence-electron chi connectivity index (χ0n) is 8.67. The number of rotatable bonds is 3. The van der Waals surface area contributed by atoms with Crippen molar-refractivity contribution >= 4 is 17.5 Å². The van der Waals surface area contributed by atoms with Gasteiger partial charge in [-0.3, -0.25) is 25.0 Å². The molecule has 2 rings (SSSR count). The number of carbonyl (C=O) groups excluding carboxylic acids is 2. The molecule has 6 nitrogen and oxygen atoms in total. The van der Waals surface area contributed by atoms with Crippen molar-refractivity contribution in [3.8, 4) is 0 Å². The maximum Gasteiger partial charge on any atom is 0.269 e. The molecular formula is C11H8N2O4. The van der Waals surface area contributed by atoms with Gasteiger partial charge in [0, 0.05) is 30.2 Å². The predicted octanol–water partition coefficient (Wildman–Crippen LogP) is 0.720. The number of carbonyl (C=O) groups is 2. The summed E-state index contributed by atoms with van der Waals surface area (Å²) in [5.74, 6) is -0.833. The van der Waals surface area contributed by atoms with E-state index >= 15 is 0 Å². The van der Waals surface area contributed by atoms with Crippen molar-refractivity contribution in [3.05, 3.63) is 51.6 Å². The fraction of sp³-hybridized carbons (Fsp3) is 0.0909. The summed E-state index contributed by atoms with van der Waals surface area (Å²) >= 11 is 0. The Morgan fingerprint density at radius 2 is 1.82 bits per heavy atom. The van der Waals surface area contributed by atoms with Gasteiger partial charge in [-0.05, 0) is 5.56 Å². The number of nitrogens with zero attached hydrogens (tertiary/aromatic N) is 1. The number of nitrogens with one attached hydrogen (secondary N) is 1. The number of imide groups is 1. The smallest absolute Gasteiger partial charge is 0.269 e. The van der Waals surface area contributed by atoms with Crippen molar-refractivity contribution in [1.29, 1.82) is 0 Å². The van der Waals surface area contributed by atoms with E-state index in [1.807, 2.05) is 0 Å². The Hall–Kier alpha value is -2.50. The van der Waals surface area contributed by atoms with Gasteiger partial charge in [0.25, 0.3) is 17.5 Å². The van der Waals surface area contributed by atoms with E-state index in [1.54, 1.807) is 12.1 Å². The van der Waals surface area contributed by atoms with Crippen molar-refractivity contribution in [2.75, 3.05) is 0 Å². The first kappa shape index (κ1) is 11.0. The van der Waals surface area contributed by atoms with Crippen LogP contribution in [0, 0.1) is 10.1 Å². The Bertz CT molecular complexity index is 531. The average Bonchev–Trinajstić information content (AvgIpc) is 2.58. The molecule has 0 aromatic heterocycles. The number of nitro groups is 1. The topological polar surface area (TPSA) is 89.3 Å². The van der Waals surface area contributed by atoms with E-state index in [4.69, 9.17) is 0 Å². The fourth-order valence-corrected chi connectivity index (χ4v) is 1.54. The van der Waals surface area contributed by atoms with Crippen LogP contribution in [0.15, 0.2) is 35.9 Å². The lowest BCUT2D eigenvalue weighted by atomic mass is 10.1. The van der Waals surface area contributed by atoms with Gasteiger partial charge in [-0.2, -0.15) is 0 Å². The number of non-ortho nitro benzene ring substituents is 1. The van der Waals surface area contributed by atoms with Crippen LogP contribution in [0.2, 0.25) is 0 Å². The van der Waals surface area contributed by atoms with E-state index in [1.165, 1.54) is 18.2 Å². The van der Waals surface area contributed by atoms with Gasteiger partial charge in [0.05, 0.1) is 4.92 Å². The molecule has 0 atom stereocenters. The Morgan fingerprint density at radius 1 is 1.18 bits per heavy atom. The zero-order valence-corrected chi connectivity index (χ0v) is 8.67. The summed E-state index contributed by atoms with van der Waals surface area (Å²) in [5, 5.41) is 12.6. The van der Waals surface area contributed by atoms with Crippen LogP contribution in [0.4, 0.5) is 5.69 Å². The molecule has 2 amide bonds. The first-order valence-corrected chi connectivity index (χ1v) is 4.85. The van der Waals surface area contributed by atoms with Gasteiger partial charge in [0.1, 0.15) is 0 Å². The summed E-state index contributed by atoms with van der Waals surface area (Å²) < 4.78 is 0. The normalized spacial score (nSPS) is 14.5. The average molecular weight is 232 g/mol. The molecule has 1 N–H and O–H groups in total. The monoisotopic (exact) mass is 232 g/mol. The minimum absolute atomic E-state index is 0.00493. The van der Waals surface area contributed by atoms with Crippen LogP contribution in [-0.4, -0.2) is 16.7 Å². The van der Waals surface area contributed by atoms with Gasteiger partial charge >= 0.3 is 0 Å². The lowest BCUT2D eigenvalue weighted by molar-refractivity contribution is -0.384. The Balaban J connectivity index is 2.15. The molecule has 6 heteroatoms. The first-order valence-electron chi connectivity index (χ1n) is 4.85. The molecule has 0 saturated heterocycles.